The van der Waals surface area contributed by atoms with Gasteiger partial charge in [-0.15, -0.1) is 0 Å². The quantitative estimate of drug-likeness (QED) is 0.607. The molecule has 0 fully saturated rings. The second-order valence-electron chi connectivity index (χ2n) is 3.86. The molecule has 0 saturated carbocycles. The Morgan fingerprint density at radius 2 is 1.86 bits per heavy atom. The van der Waals surface area contributed by atoms with Gasteiger partial charge in [0.1, 0.15) is 6.29 Å². The van der Waals surface area contributed by atoms with Gasteiger partial charge in [-0.2, -0.15) is 0 Å². The van der Waals surface area contributed by atoms with Gasteiger partial charge in [0.05, 0.1) is 0 Å². The fraction of sp³-hybridized carbons (Fsp3) is 0.455. The van der Waals surface area contributed by atoms with Crippen LogP contribution in [0.4, 0.5) is 0 Å². The summed E-state index contributed by atoms with van der Waals surface area (Å²) >= 11 is 0. The van der Waals surface area contributed by atoms with Crippen LogP contribution in [0.5, 0.6) is 0 Å². The van der Waals surface area contributed by atoms with E-state index in [0.29, 0.717) is 6.42 Å². The predicted molar refractivity (Wildman–Crippen MR) is 60.9 cm³/mol. The lowest BCUT2D eigenvalue weighted by Gasteiger charge is -2.26. The Morgan fingerprint density at radius 1 is 1.29 bits per heavy atom. The molecule has 1 unspecified atom stereocenters. The number of aliphatic hydroxyl groups excluding tert-OH is 1. The third kappa shape index (κ3) is 2.94. The summed E-state index contributed by atoms with van der Waals surface area (Å²) in [7, 11) is -1.91. The lowest BCUT2D eigenvalue weighted by molar-refractivity contribution is -0.0243. The minimum atomic E-state index is -1.91. The Hall–Kier alpha value is -0.643. The second-order valence-corrected chi connectivity index (χ2v) is 7.69. The van der Waals surface area contributed by atoms with E-state index < -0.39 is 14.6 Å². The molecule has 0 amide bonds. The summed E-state index contributed by atoms with van der Waals surface area (Å²) in [5.74, 6) is 0. The molecule has 1 atom stereocenters. The van der Waals surface area contributed by atoms with Crippen LogP contribution in [0.2, 0.25) is 13.1 Å². The third-order valence-corrected chi connectivity index (χ3v) is 4.83. The zero-order chi connectivity index (χ0) is 10.6. The van der Waals surface area contributed by atoms with E-state index in [1.54, 1.807) is 0 Å². The SMILES string of the molecule is CCC(O)O[Si](C)(C)c1ccccc1. The maximum absolute atomic E-state index is 9.47. The maximum atomic E-state index is 9.47. The molecule has 78 valence electrons. The first-order chi connectivity index (χ1) is 6.56. The van der Waals surface area contributed by atoms with Crippen molar-refractivity contribution in [1.29, 1.82) is 0 Å². The molecule has 14 heavy (non-hydrogen) atoms. The van der Waals surface area contributed by atoms with E-state index >= 15 is 0 Å². The van der Waals surface area contributed by atoms with Crippen molar-refractivity contribution in [2.24, 2.45) is 0 Å². The molecule has 0 aliphatic carbocycles. The number of benzene rings is 1. The molecular formula is C11H18O2Si. The first-order valence-electron chi connectivity index (χ1n) is 4.97. The molecule has 0 aliphatic rings. The van der Waals surface area contributed by atoms with Gasteiger partial charge in [-0.1, -0.05) is 37.3 Å². The van der Waals surface area contributed by atoms with Crippen LogP contribution in [0.3, 0.4) is 0 Å². The van der Waals surface area contributed by atoms with Crippen LogP contribution in [0.25, 0.3) is 0 Å². The summed E-state index contributed by atoms with van der Waals surface area (Å²) in [6, 6.07) is 10.1. The minimum absolute atomic E-state index is 0.628. The Kier molecular flexibility index (Phi) is 3.86. The minimum Gasteiger partial charge on any atom is -0.388 e. The molecule has 0 heterocycles. The molecule has 1 N–H and O–H groups in total. The fourth-order valence-corrected chi connectivity index (χ4v) is 3.31. The molecular weight excluding hydrogens is 192 g/mol. The highest BCUT2D eigenvalue weighted by Crippen LogP contribution is 2.09. The van der Waals surface area contributed by atoms with Gasteiger partial charge in [0, 0.05) is 0 Å². The van der Waals surface area contributed by atoms with Crippen molar-refractivity contribution in [1.82, 2.24) is 0 Å². The molecule has 1 aromatic rings. The van der Waals surface area contributed by atoms with E-state index in [1.165, 1.54) is 5.19 Å². The van der Waals surface area contributed by atoms with Gasteiger partial charge in [-0.25, -0.2) is 0 Å². The van der Waals surface area contributed by atoms with Gasteiger partial charge < -0.3 is 9.53 Å². The average Bonchev–Trinajstić information content (AvgIpc) is 2.18. The predicted octanol–water partition coefficient (Wildman–Crippen LogP) is 1.84. The summed E-state index contributed by atoms with van der Waals surface area (Å²) in [5.41, 5.74) is 0. The van der Waals surface area contributed by atoms with Gasteiger partial charge in [-0.3, -0.25) is 0 Å². The van der Waals surface area contributed by atoms with E-state index in [2.05, 4.69) is 25.2 Å². The van der Waals surface area contributed by atoms with E-state index in [-0.39, 0.29) is 0 Å². The lowest BCUT2D eigenvalue weighted by Crippen LogP contribution is -2.47. The highest BCUT2D eigenvalue weighted by molar-refractivity contribution is 6.84. The monoisotopic (exact) mass is 210 g/mol. The molecule has 1 aromatic carbocycles. The topological polar surface area (TPSA) is 29.5 Å². The molecule has 0 aliphatic heterocycles. The summed E-state index contributed by atoms with van der Waals surface area (Å²) in [6.45, 7) is 6.11. The Bertz CT molecular complexity index is 272. The standard InChI is InChI=1S/C11H18O2Si/c1-4-11(12)13-14(2,3)10-8-6-5-7-9-10/h5-9,11-12H,4H2,1-3H3. The van der Waals surface area contributed by atoms with Gasteiger partial charge in [0.15, 0.2) is 0 Å². The molecule has 0 aromatic heterocycles. The summed E-state index contributed by atoms with van der Waals surface area (Å²) in [5, 5.41) is 10.7. The normalized spacial score (nSPS) is 14.0. The van der Waals surface area contributed by atoms with Crippen LogP contribution in [-0.4, -0.2) is 19.7 Å². The first kappa shape index (κ1) is 11.4. The van der Waals surface area contributed by atoms with Crippen molar-refractivity contribution in [2.75, 3.05) is 0 Å². The van der Waals surface area contributed by atoms with Gasteiger partial charge in [0.2, 0.25) is 8.32 Å². The van der Waals surface area contributed by atoms with Crippen molar-refractivity contribution in [3.05, 3.63) is 30.3 Å². The molecule has 0 bridgehead atoms. The Labute approximate surface area is 86.7 Å². The zero-order valence-electron chi connectivity index (χ0n) is 9.03. The van der Waals surface area contributed by atoms with Crippen LogP contribution >= 0.6 is 0 Å². The molecule has 1 rings (SSSR count). The van der Waals surface area contributed by atoms with Crippen LogP contribution in [0, 0.1) is 0 Å². The fourth-order valence-electron chi connectivity index (χ4n) is 1.33. The van der Waals surface area contributed by atoms with E-state index in [4.69, 9.17) is 4.43 Å². The van der Waals surface area contributed by atoms with E-state index in [1.807, 2.05) is 25.1 Å². The lowest BCUT2D eigenvalue weighted by atomic mass is 10.4. The van der Waals surface area contributed by atoms with Crippen molar-refractivity contribution >= 4 is 13.5 Å². The van der Waals surface area contributed by atoms with E-state index in [0.717, 1.165) is 0 Å². The van der Waals surface area contributed by atoms with Gasteiger partial charge in [0.25, 0.3) is 0 Å². The molecule has 3 heteroatoms. The number of hydrogen-bond acceptors (Lipinski definition) is 2. The molecule has 0 saturated heterocycles. The van der Waals surface area contributed by atoms with Crippen molar-refractivity contribution < 1.29 is 9.53 Å². The summed E-state index contributed by atoms with van der Waals surface area (Å²) in [6.07, 6.45) is 0.0142. The largest absolute Gasteiger partial charge is 0.388 e. The third-order valence-electron chi connectivity index (χ3n) is 2.25. The zero-order valence-corrected chi connectivity index (χ0v) is 10.0. The average molecular weight is 210 g/mol. The smallest absolute Gasteiger partial charge is 0.221 e. The molecule has 0 radical (unpaired) electrons. The number of rotatable bonds is 4. The Balaban J connectivity index is 2.75. The van der Waals surface area contributed by atoms with Crippen LogP contribution < -0.4 is 5.19 Å². The Morgan fingerprint density at radius 3 is 2.36 bits per heavy atom. The second kappa shape index (κ2) is 4.73. The van der Waals surface area contributed by atoms with Crippen molar-refractivity contribution in [3.63, 3.8) is 0 Å². The molecule has 0 spiro atoms. The van der Waals surface area contributed by atoms with E-state index in [9.17, 15) is 5.11 Å². The number of aliphatic hydroxyl groups is 1. The molecule has 2 nitrogen and oxygen atoms in total. The van der Waals surface area contributed by atoms with Crippen LogP contribution in [0.1, 0.15) is 13.3 Å². The van der Waals surface area contributed by atoms with Crippen LogP contribution in [-0.2, 0) is 4.43 Å². The van der Waals surface area contributed by atoms with Gasteiger partial charge >= 0.3 is 0 Å². The maximum Gasteiger partial charge on any atom is 0.221 e. The number of hydrogen-bond donors (Lipinski definition) is 1. The highest BCUT2D eigenvalue weighted by Gasteiger charge is 2.27. The van der Waals surface area contributed by atoms with Crippen molar-refractivity contribution in [3.8, 4) is 0 Å². The summed E-state index contributed by atoms with van der Waals surface area (Å²) in [4.78, 5) is 0. The first-order valence-corrected chi connectivity index (χ1v) is 7.88. The summed E-state index contributed by atoms with van der Waals surface area (Å²) < 4.78 is 5.67. The highest BCUT2D eigenvalue weighted by atomic mass is 28.4. The van der Waals surface area contributed by atoms with Crippen molar-refractivity contribution in [2.45, 2.75) is 32.7 Å². The van der Waals surface area contributed by atoms with Crippen LogP contribution in [0.15, 0.2) is 30.3 Å². The van der Waals surface area contributed by atoms with Gasteiger partial charge in [-0.05, 0) is 24.7 Å².